The minimum Gasteiger partial charge on any atom is -0.490 e. The third-order valence-corrected chi connectivity index (χ3v) is 9.52. The van der Waals surface area contributed by atoms with Crippen LogP contribution in [-0.4, -0.2) is 38.0 Å². The van der Waals surface area contributed by atoms with Gasteiger partial charge in [-0.25, -0.2) is 8.42 Å². The first-order valence-electron chi connectivity index (χ1n) is 10.6. The number of anilines is 1. The van der Waals surface area contributed by atoms with Crippen LogP contribution >= 0.6 is 0 Å². The van der Waals surface area contributed by atoms with Gasteiger partial charge in [0.15, 0.2) is 9.84 Å². The van der Waals surface area contributed by atoms with Gasteiger partial charge in [-0.2, -0.15) is 0 Å². The summed E-state index contributed by atoms with van der Waals surface area (Å²) in [7, 11) is -3.51. The number of nitrogens with two attached hydrogens (primary N) is 1. The van der Waals surface area contributed by atoms with E-state index >= 15 is 0 Å². The van der Waals surface area contributed by atoms with Crippen molar-refractivity contribution in [3.8, 4) is 5.75 Å². The Labute approximate surface area is 183 Å². The van der Waals surface area contributed by atoms with Gasteiger partial charge in [0.2, 0.25) is 5.91 Å². The van der Waals surface area contributed by atoms with E-state index in [-0.39, 0.29) is 6.61 Å². The Balaban J connectivity index is 1.83. The van der Waals surface area contributed by atoms with Gasteiger partial charge in [0.05, 0.1) is 21.6 Å². The van der Waals surface area contributed by atoms with Gasteiger partial charge in [-0.1, -0.05) is 37.3 Å². The molecule has 0 aromatic heterocycles. The largest absolute Gasteiger partial charge is 0.490 e. The zero-order valence-corrected chi connectivity index (χ0v) is 18.5. The van der Waals surface area contributed by atoms with E-state index in [9.17, 15) is 13.2 Å². The maximum absolute atomic E-state index is 13.7. The number of amides is 1. The van der Waals surface area contributed by atoms with Crippen LogP contribution in [0, 0.1) is 0 Å². The Morgan fingerprint density at radius 3 is 2.84 bits per heavy atom. The summed E-state index contributed by atoms with van der Waals surface area (Å²) < 4.78 is 33.7. The van der Waals surface area contributed by atoms with Crippen LogP contribution in [0.3, 0.4) is 0 Å². The Hall–Kier alpha value is -2.80. The number of carbonyl (C=O) groups excluding carboxylic acids is 1. The number of carbonyl (C=O) groups is 1. The lowest BCUT2D eigenvalue weighted by Crippen LogP contribution is -2.56. The van der Waals surface area contributed by atoms with Gasteiger partial charge in [-0.3, -0.25) is 4.79 Å². The number of fused-ring (bicyclic) bond motifs is 3. The van der Waals surface area contributed by atoms with Crippen molar-refractivity contribution in [3.05, 3.63) is 71.8 Å². The molecule has 0 saturated heterocycles. The molecule has 164 valence electrons. The molecule has 3 N–H and O–H groups in total. The maximum atomic E-state index is 13.7. The number of benzene rings is 2. The molecular weight excluding hydrogens is 412 g/mol. The maximum Gasteiger partial charge on any atom is 0.248 e. The average molecular weight is 441 g/mol. The Kier molecular flexibility index (Phi) is 5.56. The fraction of sp³-hybridized carbons (Fsp3) is 0.375. The summed E-state index contributed by atoms with van der Waals surface area (Å²) in [5.74, 6) is 0.0561. The Morgan fingerprint density at radius 2 is 2.13 bits per heavy atom. The lowest BCUT2D eigenvalue weighted by atomic mass is 9.70. The van der Waals surface area contributed by atoms with Crippen LogP contribution in [0.1, 0.15) is 41.3 Å². The van der Waals surface area contributed by atoms with E-state index in [2.05, 4.69) is 18.0 Å². The zero-order chi connectivity index (χ0) is 22.2. The molecule has 1 amide bonds. The molecule has 7 heteroatoms. The molecule has 3 atom stereocenters. The van der Waals surface area contributed by atoms with Crippen molar-refractivity contribution in [3.63, 3.8) is 0 Å². The summed E-state index contributed by atoms with van der Waals surface area (Å²) >= 11 is 0. The van der Waals surface area contributed by atoms with Gasteiger partial charge in [0, 0.05) is 12.1 Å². The lowest BCUT2D eigenvalue weighted by molar-refractivity contribution is 0.1000. The van der Waals surface area contributed by atoms with Crippen molar-refractivity contribution in [1.82, 2.24) is 0 Å². The molecule has 1 aliphatic carbocycles. The quantitative estimate of drug-likeness (QED) is 0.696. The summed E-state index contributed by atoms with van der Waals surface area (Å²) in [6.45, 7) is 6.24. The highest BCUT2D eigenvalue weighted by Gasteiger charge is 2.53. The fourth-order valence-corrected chi connectivity index (χ4v) is 7.53. The zero-order valence-electron chi connectivity index (χ0n) is 17.6. The number of aryl methyl sites for hydroxylation is 1. The summed E-state index contributed by atoms with van der Waals surface area (Å²) in [5, 5.41) is 2.16. The standard InChI is InChI=1S/C24H28N2O4S/c1-3-18(4-2)31(28,29)22-12-10-16-7-5-6-8-19(16)24(22)14-26-20-13-17(23(25)27)9-11-21(20)30-15-24/h3,5-9,11,13,18,22,26H,1,4,10,12,14-15H2,2H3,(H2,25,27)/t18-,22?,24?/m0/s1. The van der Waals surface area contributed by atoms with Crippen LogP contribution in [0.2, 0.25) is 0 Å². The normalized spacial score (nSPS) is 23.5. The smallest absolute Gasteiger partial charge is 0.248 e. The van der Waals surface area contributed by atoms with E-state index in [0.29, 0.717) is 42.8 Å². The third-order valence-electron chi connectivity index (χ3n) is 6.67. The summed E-state index contributed by atoms with van der Waals surface area (Å²) in [6.07, 6.45) is 3.25. The number of hydrogen-bond donors (Lipinski definition) is 2. The molecule has 1 heterocycles. The van der Waals surface area contributed by atoms with Crippen molar-refractivity contribution in [2.45, 2.75) is 42.1 Å². The van der Waals surface area contributed by atoms with Crippen LogP contribution < -0.4 is 15.8 Å². The van der Waals surface area contributed by atoms with E-state index in [1.54, 1.807) is 24.3 Å². The molecule has 4 rings (SSSR count). The number of rotatable bonds is 5. The molecule has 6 nitrogen and oxygen atoms in total. The fourth-order valence-electron chi connectivity index (χ4n) is 5.02. The SMILES string of the molecule is C=C[C@@H](CC)S(=O)(=O)C1CCc2ccccc2C12CNc1cc(C(N)=O)ccc1OC2. The first-order chi connectivity index (χ1) is 14.8. The number of hydrogen-bond acceptors (Lipinski definition) is 5. The van der Waals surface area contributed by atoms with Crippen LogP contribution in [0.5, 0.6) is 5.75 Å². The van der Waals surface area contributed by atoms with Gasteiger partial charge in [0.25, 0.3) is 0 Å². The van der Waals surface area contributed by atoms with E-state index in [4.69, 9.17) is 10.5 Å². The van der Waals surface area contributed by atoms with Crippen molar-refractivity contribution >= 4 is 21.4 Å². The molecule has 1 aliphatic heterocycles. The molecule has 0 bridgehead atoms. The van der Waals surface area contributed by atoms with Crippen LogP contribution in [0.15, 0.2) is 55.1 Å². The summed E-state index contributed by atoms with van der Waals surface area (Å²) in [5.41, 5.74) is 7.83. The number of sulfone groups is 1. The lowest BCUT2D eigenvalue weighted by Gasteiger charge is -2.44. The molecule has 2 aliphatic rings. The highest BCUT2D eigenvalue weighted by molar-refractivity contribution is 7.92. The molecule has 0 radical (unpaired) electrons. The molecular formula is C24H28N2O4S. The highest BCUT2D eigenvalue weighted by Crippen LogP contribution is 2.45. The summed E-state index contributed by atoms with van der Waals surface area (Å²) in [4.78, 5) is 11.6. The van der Waals surface area contributed by atoms with Crippen molar-refractivity contribution < 1.29 is 17.9 Å². The van der Waals surface area contributed by atoms with Crippen molar-refractivity contribution in [2.24, 2.45) is 5.73 Å². The van der Waals surface area contributed by atoms with Crippen molar-refractivity contribution in [1.29, 1.82) is 0 Å². The van der Waals surface area contributed by atoms with E-state index in [0.717, 1.165) is 11.1 Å². The number of primary amides is 1. The third kappa shape index (κ3) is 3.51. The molecule has 2 aromatic carbocycles. The molecule has 2 aromatic rings. The van der Waals surface area contributed by atoms with E-state index < -0.39 is 31.7 Å². The molecule has 31 heavy (non-hydrogen) atoms. The van der Waals surface area contributed by atoms with Gasteiger partial charge >= 0.3 is 0 Å². The van der Waals surface area contributed by atoms with Gasteiger partial charge < -0.3 is 15.8 Å². The Morgan fingerprint density at radius 1 is 1.35 bits per heavy atom. The molecule has 0 saturated carbocycles. The minimum absolute atomic E-state index is 0.220. The van der Waals surface area contributed by atoms with Gasteiger partial charge in [0.1, 0.15) is 12.4 Å². The predicted molar refractivity (Wildman–Crippen MR) is 122 cm³/mol. The van der Waals surface area contributed by atoms with E-state index in [1.807, 2.05) is 25.1 Å². The second kappa shape index (κ2) is 8.04. The molecule has 2 unspecified atom stereocenters. The first kappa shape index (κ1) is 21.4. The van der Waals surface area contributed by atoms with E-state index in [1.165, 1.54) is 0 Å². The van der Waals surface area contributed by atoms with Gasteiger partial charge in [-0.05, 0) is 48.6 Å². The van der Waals surface area contributed by atoms with Crippen LogP contribution in [-0.2, 0) is 21.7 Å². The minimum atomic E-state index is -3.51. The molecule has 0 fully saturated rings. The van der Waals surface area contributed by atoms with Crippen LogP contribution in [0.4, 0.5) is 5.69 Å². The summed E-state index contributed by atoms with van der Waals surface area (Å²) in [6, 6.07) is 13.0. The first-order valence-corrected chi connectivity index (χ1v) is 12.2. The second-order valence-corrected chi connectivity index (χ2v) is 10.7. The average Bonchev–Trinajstić information content (AvgIpc) is 2.95. The monoisotopic (exact) mass is 440 g/mol. The van der Waals surface area contributed by atoms with Crippen LogP contribution in [0.25, 0.3) is 0 Å². The molecule has 1 spiro atoms. The predicted octanol–water partition coefficient (Wildman–Crippen LogP) is 3.22. The van der Waals surface area contributed by atoms with Crippen molar-refractivity contribution in [2.75, 3.05) is 18.5 Å². The second-order valence-electron chi connectivity index (χ2n) is 8.33. The number of ether oxygens (including phenoxy) is 1. The highest BCUT2D eigenvalue weighted by atomic mass is 32.2. The topological polar surface area (TPSA) is 98.5 Å². The number of nitrogens with one attached hydrogen (secondary N) is 1. The van der Waals surface area contributed by atoms with Gasteiger partial charge in [-0.15, -0.1) is 6.58 Å². The Bertz CT molecular complexity index is 1130.